The van der Waals surface area contributed by atoms with Crippen molar-refractivity contribution in [2.45, 2.75) is 52.6 Å². The molecule has 0 unspecified atom stereocenters. The maximum Gasteiger partial charge on any atom is 0.305 e. The van der Waals surface area contributed by atoms with E-state index in [-0.39, 0.29) is 30.5 Å². The molecule has 0 fully saturated rings. The van der Waals surface area contributed by atoms with Gasteiger partial charge >= 0.3 is 5.97 Å². The highest BCUT2D eigenvalue weighted by Gasteiger charge is 2.22. The molecule has 1 amide bonds. The van der Waals surface area contributed by atoms with E-state index in [1.807, 2.05) is 34.6 Å². The van der Waals surface area contributed by atoms with Gasteiger partial charge in [-0.3, -0.25) is 14.3 Å². The van der Waals surface area contributed by atoms with E-state index in [2.05, 4.69) is 5.10 Å². The molecule has 1 aromatic heterocycles. The van der Waals surface area contributed by atoms with Gasteiger partial charge in [0.25, 0.3) is 5.91 Å². The molecule has 1 aromatic rings. The van der Waals surface area contributed by atoms with Crippen molar-refractivity contribution in [3.63, 3.8) is 0 Å². The molecule has 6 heteroatoms. The first kappa shape index (κ1) is 16.2. The van der Waals surface area contributed by atoms with E-state index >= 15 is 0 Å². The van der Waals surface area contributed by atoms with Crippen LogP contribution < -0.4 is 0 Å². The van der Waals surface area contributed by atoms with Crippen molar-refractivity contribution in [3.8, 4) is 0 Å². The Bertz CT molecular complexity index is 486. The average molecular weight is 281 g/mol. The van der Waals surface area contributed by atoms with Crippen molar-refractivity contribution in [1.29, 1.82) is 0 Å². The minimum Gasteiger partial charge on any atom is -0.481 e. The number of amides is 1. The molecule has 6 nitrogen and oxygen atoms in total. The summed E-state index contributed by atoms with van der Waals surface area (Å²) >= 11 is 0. The summed E-state index contributed by atoms with van der Waals surface area (Å²) in [6, 6.07) is -0.0557. The molecule has 1 rings (SSSR count). The number of carbonyl (C=O) groups excluding carboxylic acids is 1. The maximum atomic E-state index is 12.4. The summed E-state index contributed by atoms with van der Waals surface area (Å²) in [5.41, 5.74) is 0.293. The number of hydrogen-bond donors (Lipinski definition) is 1. The van der Waals surface area contributed by atoms with E-state index in [9.17, 15) is 9.59 Å². The van der Waals surface area contributed by atoms with Crippen molar-refractivity contribution >= 4 is 11.9 Å². The fraction of sp³-hybridized carbons (Fsp3) is 0.643. The predicted octanol–water partition coefficient (Wildman–Crippen LogP) is 1.96. The van der Waals surface area contributed by atoms with Crippen molar-refractivity contribution in [1.82, 2.24) is 14.7 Å². The molecular weight excluding hydrogens is 258 g/mol. The van der Waals surface area contributed by atoms with Gasteiger partial charge in [-0.2, -0.15) is 5.10 Å². The second-order valence-corrected chi connectivity index (χ2v) is 6.08. The third kappa shape index (κ3) is 4.08. The Morgan fingerprint density at radius 1 is 1.40 bits per heavy atom. The minimum atomic E-state index is -0.908. The predicted molar refractivity (Wildman–Crippen MR) is 75.6 cm³/mol. The lowest BCUT2D eigenvalue weighted by molar-refractivity contribution is -0.137. The number of nitrogens with zero attached hydrogens (tertiary/aromatic N) is 3. The van der Waals surface area contributed by atoms with Crippen LogP contribution in [0.15, 0.2) is 12.4 Å². The Morgan fingerprint density at radius 2 is 2.00 bits per heavy atom. The quantitative estimate of drug-likeness (QED) is 0.895. The average Bonchev–Trinajstić information content (AvgIpc) is 2.76. The van der Waals surface area contributed by atoms with Crippen molar-refractivity contribution in [3.05, 3.63) is 18.0 Å². The normalized spacial score (nSPS) is 11.7. The third-order valence-electron chi connectivity index (χ3n) is 2.97. The molecule has 20 heavy (non-hydrogen) atoms. The molecule has 0 aliphatic heterocycles. The van der Waals surface area contributed by atoms with Gasteiger partial charge < -0.3 is 10.0 Å². The minimum absolute atomic E-state index is 0.0557. The topological polar surface area (TPSA) is 75.4 Å². The first-order valence-electron chi connectivity index (χ1n) is 6.71. The molecule has 0 aliphatic rings. The van der Waals surface area contributed by atoms with Gasteiger partial charge in [0.1, 0.15) is 0 Å². The van der Waals surface area contributed by atoms with Gasteiger partial charge in [-0.1, -0.05) is 0 Å². The number of aromatic nitrogens is 2. The molecule has 0 aliphatic carbocycles. The van der Waals surface area contributed by atoms with Gasteiger partial charge in [-0.05, 0) is 34.6 Å². The molecule has 112 valence electrons. The van der Waals surface area contributed by atoms with Gasteiger partial charge in [-0.25, -0.2) is 0 Å². The number of rotatable bonds is 5. The molecule has 0 saturated heterocycles. The van der Waals surface area contributed by atoms with E-state index < -0.39 is 5.97 Å². The largest absolute Gasteiger partial charge is 0.481 e. The highest BCUT2D eigenvalue weighted by atomic mass is 16.4. The fourth-order valence-corrected chi connectivity index (χ4v) is 1.78. The van der Waals surface area contributed by atoms with Crippen LogP contribution in [0.3, 0.4) is 0 Å². The number of hydrogen-bond acceptors (Lipinski definition) is 3. The van der Waals surface area contributed by atoms with Crippen LogP contribution in [0.1, 0.15) is 51.4 Å². The summed E-state index contributed by atoms with van der Waals surface area (Å²) in [7, 11) is 0. The van der Waals surface area contributed by atoms with Crippen molar-refractivity contribution < 1.29 is 14.7 Å². The van der Waals surface area contributed by atoms with Crippen LogP contribution in [0.25, 0.3) is 0 Å². The number of carboxylic acid groups (broad SMARTS) is 1. The van der Waals surface area contributed by atoms with Crippen LogP contribution in [0.4, 0.5) is 0 Å². The molecule has 0 aromatic carbocycles. The smallest absolute Gasteiger partial charge is 0.305 e. The van der Waals surface area contributed by atoms with Crippen LogP contribution in [-0.4, -0.2) is 44.3 Å². The Kier molecular flexibility index (Phi) is 4.92. The lowest BCUT2D eigenvalue weighted by atomic mass is 10.1. The number of carbonyl (C=O) groups is 2. The summed E-state index contributed by atoms with van der Waals surface area (Å²) < 4.78 is 1.73. The van der Waals surface area contributed by atoms with E-state index in [0.29, 0.717) is 5.56 Å². The lowest BCUT2D eigenvalue weighted by Crippen LogP contribution is -2.38. The lowest BCUT2D eigenvalue weighted by Gasteiger charge is -2.25. The summed E-state index contributed by atoms with van der Waals surface area (Å²) in [6.07, 6.45) is 3.18. The SMILES string of the molecule is CC(C)N(CCC(=O)O)C(=O)c1cnn(C(C)(C)C)c1. The Hall–Kier alpha value is -1.85. The second-order valence-electron chi connectivity index (χ2n) is 6.08. The summed E-state index contributed by atoms with van der Waals surface area (Å²) in [6.45, 7) is 9.94. The highest BCUT2D eigenvalue weighted by molar-refractivity contribution is 5.94. The zero-order valence-corrected chi connectivity index (χ0v) is 12.8. The van der Waals surface area contributed by atoms with E-state index in [1.54, 1.807) is 15.8 Å². The molecule has 1 N–H and O–H groups in total. The zero-order chi connectivity index (χ0) is 15.5. The van der Waals surface area contributed by atoms with Crippen LogP contribution in [0.5, 0.6) is 0 Å². The monoisotopic (exact) mass is 281 g/mol. The molecule has 0 saturated carbocycles. The van der Waals surface area contributed by atoms with E-state index in [4.69, 9.17) is 5.11 Å². The number of carboxylic acids is 1. The van der Waals surface area contributed by atoms with Crippen molar-refractivity contribution in [2.75, 3.05) is 6.54 Å². The summed E-state index contributed by atoms with van der Waals surface area (Å²) in [4.78, 5) is 24.6. The zero-order valence-electron chi connectivity index (χ0n) is 12.8. The van der Waals surface area contributed by atoms with Crippen molar-refractivity contribution in [2.24, 2.45) is 0 Å². The van der Waals surface area contributed by atoms with Gasteiger partial charge in [0.2, 0.25) is 0 Å². The first-order chi connectivity index (χ1) is 9.12. The van der Waals surface area contributed by atoms with E-state index in [1.165, 1.54) is 6.20 Å². The van der Waals surface area contributed by atoms with Gasteiger partial charge in [-0.15, -0.1) is 0 Å². The summed E-state index contributed by atoms with van der Waals surface area (Å²) in [5.74, 6) is -1.09. The third-order valence-corrected chi connectivity index (χ3v) is 2.97. The molecule has 0 spiro atoms. The molecule has 0 radical (unpaired) electrons. The molecular formula is C14H23N3O3. The van der Waals surface area contributed by atoms with Gasteiger partial charge in [0.15, 0.2) is 0 Å². The Labute approximate surface area is 119 Å². The second kappa shape index (κ2) is 6.07. The molecule has 0 bridgehead atoms. The van der Waals surface area contributed by atoms with Gasteiger partial charge in [0.05, 0.1) is 23.7 Å². The molecule has 0 atom stereocenters. The summed E-state index contributed by atoms with van der Waals surface area (Å²) in [5, 5.41) is 13.0. The van der Waals surface area contributed by atoms with Gasteiger partial charge in [0, 0.05) is 18.8 Å². The van der Waals surface area contributed by atoms with Crippen LogP contribution in [0.2, 0.25) is 0 Å². The Morgan fingerprint density at radius 3 is 2.40 bits per heavy atom. The maximum absolute atomic E-state index is 12.4. The molecule has 1 heterocycles. The van der Waals surface area contributed by atoms with Crippen LogP contribution >= 0.6 is 0 Å². The number of aliphatic carboxylic acids is 1. The van der Waals surface area contributed by atoms with Crippen LogP contribution in [0, 0.1) is 0 Å². The van der Waals surface area contributed by atoms with Crippen LogP contribution in [-0.2, 0) is 10.3 Å². The fourth-order valence-electron chi connectivity index (χ4n) is 1.78. The Balaban J connectivity index is 2.89. The van der Waals surface area contributed by atoms with E-state index in [0.717, 1.165) is 0 Å². The first-order valence-corrected chi connectivity index (χ1v) is 6.71. The standard InChI is InChI=1S/C14H23N3O3/c1-10(2)16(7-6-12(18)19)13(20)11-8-15-17(9-11)14(3,4)5/h8-10H,6-7H2,1-5H3,(H,18,19). The highest BCUT2D eigenvalue weighted by Crippen LogP contribution is 2.15.